The van der Waals surface area contributed by atoms with Crippen LogP contribution in [0.5, 0.6) is 0 Å². The molecule has 1 aliphatic carbocycles. The molecule has 1 saturated carbocycles. The largest absolute Gasteiger partial charge is 0.389 e. The summed E-state index contributed by atoms with van der Waals surface area (Å²) >= 11 is 0. The first-order valence-corrected chi connectivity index (χ1v) is 7.19. The summed E-state index contributed by atoms with van der Waals surface area (Å²) in [6, 6.07) is 0. The molecular formula is C15H26N2O. The fourth-order valence-electron chi connectivity index (χ4n) is 3.12. The van der Waals surface area contributed by atoms with Crippen LogP contribution in [0.15, 0.2) is 12.4 Å². The van der Waals surface area contributed by atoms with Gasteiger partial charge in [0.25, 0.3) is 0 Å². The minimum absolute atomic E-state index is 0.539. The first-order chi connectivity index (χ1) is 8.50. The lowest BCUT2D eigenvalue weighted by Crippen LogP contribution is -2.32. The fraction of sp³-hybridized carbons (Fsp3) is 0.800. The Labute approximate surface area is 110 Å². The van der Waals surface area contributed by atoms with E-state index in [0.717, 1.165) is 43.3 Å². The van der Waals surface area contributed by atoms with Gasteiger partial charge in [-0.25, -0.2) is 4.98 Å². The third kappa shape index (κ3) is 3.14. The Bertz CT molecular complexity index is 386. The lowest BCUT2D eigenvalue weighted by Gasteiger charge is -2.26. The number of rotatable bonds is 3. The number of hydrogen-bond acceptors (Lipinski definition) is 2. The molecule has 3 heteroatoms. The van der Waals surface area contributed by atoms with E-state index in [-0.39, 0.29) is 0 Å². The van der Waals surface area contributed by atoms with Crippen LogP contribution < -0.4 is 0 Å². The van der Waals surface area contributed by atoms with E-state index in [2.05, 4.69) is 18.8 Å². The number of aliphatic hydroxyl groups is 1. The van der Waals surface area contributed by atoms with Crippen LogP contribution in [0.2, 0.25) is 0 Å². The van der Waals surface area contributed by atoms with Gasteiger partial charge >= 0.3 is 0 Å². The molecule has 0 radical (unpaired) electrons. The molecule has 0 aromatic carbocycles. The van der Waals surface area contributed by atoms with Crippen molar-refractivity contribution in [2.45, 2.75) is 58.0 Å². The molecule has 2 unspecified atom stereocenters. The van der Waals surface area contributed by atoms with Gasteiger partial charge in [0.15, 0.2) is 0 Å². The minimum atomic E-state index is -0.539. The van der Waals surface area contributed by atoms with Crippen molar-refractivity contribution in [3.63, 3.8) is 0 Å². The van der Waals surface area contributed by atoms with Crippen LogP contribution in [-0.4, -0.2) is 20.3 Å². The van der Waals surface area contributed by atoms with Crippen molar-refractivity contribution in [3.05, 3.63) is 18.2 Å². The molecule has 0 spiro atoms. The van der Waals surface area contributed by atoms with Gasteiger partial charge in [0.05, 0.1) is 5.60 Å². The molecule has 1 aromatic rings. The Kier molecular flexibility index (Phi) is 4.10. The molecule has 0 saturated heterocycles. The Morgan fingerprint density at radius 1 is 1.44 bits per heavy atom. The molecule has 1 aromatic heterocycles. The highest BCUT2D eigenvalue weighted by atomic mass is 16.3. The van der Waals surface area contributed by atoms with Gasteiger partial charge in [-0.3, -0.25) is 0 Å². The zero-order valence-electron chi connectivity index (χ0n) is 11.9. The van der Waals surface area contributed by atoms with Crippen LogP contribution in [-0.2, 0) is 13.5 Å². The maximum atomic E-state index is 10.8. The van der Waals surface area contributed by atoms with Crippen molar-refractivity contribution in [1.29, 1.82) is 0 Å². The van der Waals surface area contributed by atoms with E-state index in [9.17, 15) is 5.11 Å². The number of aryl methyl sites for hydroxylation is 1. The standard InChI is InChI=1S/C15H26N2O/c1-12(2)13-5-4-7-15(18,8-6-13)11-14-16-9-10-17(14)3/h9-10,12-13,18H,4-8,11H2,1-3H3. The first kappa shape index (κ1) is 13.6. The lowest BCUT2D eigenvalue weighted by molar-refractivity contribution is 0.0212. The molecular weight excluding hydrogens is 224 g/mol. The highest BCUT2D eigenvalue weighted by Gasteiger charge is 2.32. The molecule has 18 heavy (non-hydrogen) atoms. The SMILES string of the molecule is CC(C)C1CCCC(O)(Cc2nccn2C)CC1. The second-order valence-electron chi connectivity index (χ2n) is 6.29. The molecule has 1 N–H and O–H groups in total. The monoisotopic (exact) mass is 250 g/mol. The summed E-state index contributed by atoms with van der Waals surface area (Å²) in [6.07, 6.45) is 9.86. The maximum absolute atomic E-state index is 10.8. The Hall–Kier alpha value is -0.830. The van der Waals surface area contributed by atoms with Gasteiger partial charge in [0, 0.05) is 25.9 Å². The Morgan fingerprint density at radius 2 is 2.22 bits per heavy atom. The van der Waals surface area contributed by atoms with Crippen LogP contribution in [0.4, 0.5) is 0 Å². The van der Waals surface area contributed by atoms with Gasteiger partial charge in [0.1, 0.15) is 5.82 Å². The summed E-state index contributed by atoms with van der Waals surface area (Å²) in [6.45, 7) is 4.60. The summed E-state index contributed by atoms with van der Waals surface area (Å²) in [7, 11) is 2.00. The van der Waals surface area contributed by atoms with Gasteiger partial charge < -0.3 is 9.67 Å². The van der Waals surface area contributed by atoms with Crippen molar-refractivity contribution < 1.29 is 5.11 Å². The molecule has 2 rings (SSSR count). The predicted molar refractivity (Wildman–Crippen MR) is 73.3 cm³/mol. The normalized spacial score (nSPS) is 29.5. The van der Waals surface area contributed by atoms with Crippen molar-refractivity contribution in [2.24, 2.45) is 18.9 Å². The van der Waals surface area contributed by atoms with E-state index in [1.165, 1.54) is 6.42 Å². The summed E-state index contributed by atoms with van der Waals surface area (Å²) in [5.74, 6) is 2.52. The first-order valence-electron chi connectivity index (χ1n) is 7.19. The fourth-order valence-corrected chi connectivity index (χ4v) is 3.12. The Morgan fingerprint density at radius 3 is 2.83 bits per heavy atom. The average Bonchev–Trinajstić information content (AvgIpc) is 2.59. The predicted octanol–water partition coefficient (Wildman–Crippen LogP) is 2.93. The molecule has 1 heterocycles. The molecule has 3 nitrogen and oxygen atoms in total. The second-order valence-corrected chi connectivity index (χ2v) is 6.29. The minimum Gasteiger partial charge on any atom is -0.389 e. The molecule has 0 aliphatic heterocycles. The van der Waals surface area contributed by atoms with E-state index in [1.807, 2.05) is 24.0 Å². The Balaban J connectivity index is 2.01. The van der Waals surface area contributed by atoms with Crippen molar-refractivity contribution in [1.82, 2.24) is 9.55 Å². The molecule has 2 atom stereocenters. The zero-order chi connectivity index (χ0) is 13.2. The zero-order valence-corrected chi connectivity index (χ0v) is 11.9. The quantitative estimate of drug-likeness (QED) is 0.838. The smallest absolute Gasteiger partial charge is 0.111 e. The maximum Gasteiger partial charge on any atom is 0.111 e. The third-order valence-electron chi connectivity index (χ3n) is 4.55. The topological polar surface area (TPSA) is 38.1 Å². The highest BCUT2D eigenvalue weighted by molar-refractivity contribution is 4.99. The summed E-state index contributed by atoms with van der Waals surface area (Å²) in [4.78, 5) is 4.34. The second kappa shape index (κ2) is 5.43. The van der Waals surface area contributed by atoms with Crippen LogP contribution >= 0.6 is 0 Å². The van der Waals surface area contributed by atoms with E-state index in [0.29, 0.717) is 6.42 Å². The molecule has 0 bridgehead atoms. The number of imidazole rings is 1. The molecule has 0 amide bonds. The van der Waals surface area contributed by atoms with Crippen molar-refractivity contribution >= 4 is 0 Å². The summed E-state index contributed by atoms with van der Waals surface area (Å²) in [5, 5.41) is 10.8. The van der Waals surface area contributed by atoms with Gasteiger partial charge in [-0.15, -0.1) is 0 Å². The van der Waals surface area contributed by atoms with Crippen molar-refractivity contribution in [2.75, 3.05) is 0 Å². The van der Waals surface area contributed by atoms with Gasteiger partial charge in [-0.1, -0.05) is 26.7 Å². The van der Waals surface area contributed by atoms with E-state index < -0.39 is 5.60 Å². The highest BCUT2D eigenvalue weighted by Crippen LogP contribution is 2.35. The summed E-state index contributed by atoms with van der Waals surface area (Å²) < 4.78 is 2.02. The van der Waals surface area contributed by atoms with Crippen LogP contribution in [0, 0.1) is 11.8 Å². The van der Waals surface area contributed by atoms with Crippen LogP contribution in [0.25, 0.3) is 0 Å². The van der Waals surface area contributed by atoms with Gasteiger partial charge in [-0.05, 0) is 31.1 Å². The van der Waals surface area contributed by atoms with Crippen LogP contribution in [0.3, 0.4) is 0 Å². The number of nitrogens with zero attached hydrogens (tertiary/aromatic N) is 2. The molecule has 1 fully saturated rings. The number of aromatic nitrogens is 2. The average molecular weight is 250 g/mol. The third-order valence-corrected chi connectivity index (χ3v) is 4.55. The number of hydrogen-bond donors (Lipinski definition) is 1. The lowest BCUT2D eigenvalue weighted by atomic mass is 9.87. The van der Waals surface area contributed by atoms with Crippen molar-refractivity contribution in [3.8, 4) is 0 Å². The van der Waals surface area contributed by atoms with Gasteiger partial charge in [-0.2, -0.15) is 0 Å². The van der Waals surface area contributed by atoms with E-state index in [4.69, 9.17) is 0 Å². The summed E-state index contributed by atoms with van der Waals surface area (Å²) in [5.41, 5.74) is -0.539. The van der Waals surface area contributed by atoms with E-state index >= 15 is 0 Å². The molecule has 1 aliphatic rings. The van der Waals surface area contributed by atoms with Crippen LogP contribution in [0.1, 0.15) is 51.8 Å². The van der Waals surface area contributed by atoms with Gasteiger partial charge in [0.2, 0.25) is 0 Å². The van der Waals surface area contributed by atoms with E-state index in [1.54, 1.807) is 0 Å². The molecule has 102 valence electrons.